The summed E-state index contributed by atoms with van der Waals surface area (Å²) in [5.41, 5.74) is 2.07. The van der Waals surface area contributed by atoms with Crippen molar-refractivity contribution < 1.29 is 18.6 Å². The Morgan fingerprint density at radius 3 is 2.50 bits per heavy atom. The fraction of sp³-hybridized carbons (Fsp3) is 0.581. The van der Waals surface area contributed by atoms with Crippen LogP contribution in [0.25, 0.3) is 16.9 Å². The van der Waals surface area contributed by atoms with E-state index in [0.29, 0.717) is 79.3 Å². The molecule has 3 heterocycles. The van der Waals surface area contributed by atoms with Gasteiger partial charge in [-0.05, 0) is 62.1 Å². The minimum atomic E-state index is -2.75. The maximum atomic E-state index is 14.2. The van der Waals surface area contributed by atoms with Crippen LogP contribution in [0.1, 0.15) is 58.7 Å². The van der Waals surface area contributed by atoms with Gasteiger partial charge in [-0.1, -0.05) is 26.0 Å². The summed E-state index contributed by atoms with van der Waals surface area (Å²) in [4.78, 5) is 18.4. The molecule has 0 unspecified atom stereocenters. The standard InChI is InChI=1S/C31H43F2N7O2/c1-21(2)18-39(19-22(3)20-41)24-10-8-23(9-11-24)17-34-31-36-27(38-12-14-42-15-13-38)16-28(37-31)40-26-7-5-4-6-25(26)35-30(40)29(32)33/h4-7,16,20-21,23-24,29,41H,8-15,17-19H2,1-3H3,(H,34,36,37)/b22-20+/t23-,24-. The number of anilines is 2. The van der Waals surface area contributed by atoms with Gasteiger partial charge in [0.25, 0.3) is 6.43 Å². The summed E-state index contributed by atoms with van der Waals surface area (Å²) in [6, 6.07) is 9.40. The van der Waals surface area contributed by atoms with Gasteiger partial charge >= 0.3 is 0 Å². The molecule has 228 valence electrons. The second-order valence-corrected chi connectivity index (χ2v) is 12.0. The van der Waals surface area contributed by atoms with Crippen molar-refractivity contribution in [1.82, 2.24) is 24.4 Å². The molecule has 2 N–H and O–H groups in total. The molecule has 0 amide bonds. The fourth-order valence-electron chi connectivity index (χ4n) is 6.12. The number of morpholine rings is 1. The molecule has 1 saturated carbocycles. The Labute approximate surface area is 246 Å². The van der Waals surface area contributed by atoms with Crippen LogP contribution >= 0.6 is 0 Å². The van der Waals surface area contributed by atoms with Crippen LogP contribution in [0.3, 0.4) is 0 Å². The van der Waals surface area contributed by atoms with Crippen molar-refractivity contribution in [2.45, 2.75) is 58.9 Å². The summed E-state index contributed by atoms with van der Waals surface area (Å²) in [6.45, 7) is 11.5. The topological polar surface area (TPSA) is 91.6 Å². The first-order valence-corrected chi connectivity index (χ1v) is 15.1. The maximum absolute atomic E-state index is 14.2. The smallest absolute Gasteiger partial charge is 0.296 e. The van der Waals surface area contributed by atoms with E-state index in [1.54, 1.807) is 24.3 Å². The quantitative estimate of drug-likeness (QED) is 0.267. The van der Waals surface area contributed by atoms with E-state index in [0.717, 1.165) is 44.3 Å². The summed E-state index contributed by atoms with van der Waals surface area (Å²) in [5.74, 6) is 2.17. The molecule has 42 heavy (non-hydrogen) atoms. The summed E-state index contributed by atoms with van der Waals surface area (Å²) in [5, 5.41) is 12.9. The van der Waals surface area contributed by atoms with E-state index in [9.17, 15) is 13.9 Å². The van der Waals surface area contributed by atoms with Gasteiger partial charge in [0.1, 0.15) is 11.6 Å². The van der Waals surface area contributed by atoms with Crippen molar-refractivity contribution in [2.75, 3.05) is 56.2 Å². The number of para-hydroxylation sites is 2. The third-order valence-electron chi connectivity index (χ3n) is 8.20. The van der Waals surface area contributed by atoms with Gasteiger partial charge in [0, 0.05) is 44.8 Å². The molecular weight excluding hydrogens is 540 g/mol. The lowest BCUT2D eigenvalue weighted by Crippen LogP contribution is -2.41. The van der Waals surface area contributed by atoms with Gasteiger partial charge in [-0.25, -0.2) is 13.8 Å². The molecule has 9 nitrogen and oxygen atoms in total. The van der Waals surface area contributed by atoms with Crippen molar-refractivity contribution in [2.24, 2.45) is 11.8 Å². The van der Waals surface area contributed by atoms with Gasteiger partial charge in [-0.3, -0.25) is 9.47 Å². The van der Waals surface area contributed by atoms with E-state index in [-0.39, 0.29) is 5.82 Å². The van der Waals surface area contributed by atoms with E-state index in [4.69, 9.17) is 14.7 Å². The molecule has 2 aromatic heterocycles. The SMILES string of the molecule is C/C(=C\O)CN(CC(C)C)[C@H]1CC[C@H](CNc2nc(N3CCOCC3)cc(-n3c(C(F)F)nc4ccccc43)n2)CC1. The van der Waals surface area contributed by atoms with Crippen LogP contribution in [0, 0.1) is 11.8 Å². The van der Waals surface area contributed by atoms with Crippen LogP contribution in [0.2, 0.25) is 0 Å². The van der Waals surface area contributed by atoms with Crippen molar-refractivity contribution in [1.29, 1.82) is 0 Å². The van der Waals surface area contributed by atoms with Crippen LogP contribution in [0.4, 0.5) is 20.5 Å². The highest BCUT2D eigenvalue weighted by Crippen LogP contribution is 2.31. The number of imidazole rings is 1. The lowest BCUT2D eigenvalue weighted by atomic mass is 9.85. The van der Waals surface area contributed by atoms with E-state index in [1.807, 2.05) is 13.0 Å². The van der Waals surface area contributed by atoms with Crippen LogP contribution < -0.4 is 10.2 Å². The molecule has 0 bridgehead atoms. The highest BCUT2D eigenvalue weighted by atomic mass is 19.3. The molecule has 11 heteroatoms. The number of nitrogens with one attached hydrogen (secondary N) is 1. The van der Waals surface area contributed by atoms with Crippen molar-refractivity contribution in [3.05, 3.63) is 48.0 Å². The first kappa shape index (κ1) is 30.2. The Balaban J connectivity index is 1.34. The second kappa shape index (κ2) is 13.8. The van der Waals surface area contributed by atoms with E-state index < -0.39 is 6.43 Å². The maximum Gasteiger partial charge on any atom is 0.296 e. The van der Waals surface area contributed by atoms with E-state index in [2.05, 4.69) is 33.9 Å². The fourth-order valence-corrected chi connectivity index (χ4v) is 6.12. The largest absolute Gasteiger partial charge is 0.516 e. The average Bonchev–Trinajstić information content (AvgIpc) is 3.40. The zero-order valence-electron chi connectivity index (χ0n) is 24.8. The number of halogens is 2. The minimum Gasteiger partial charge on any atom is -0.516 e. The van der Waals surface area contributed by atoms with Crippen LogP contribution in [0.15, 0.2) is 42.2 Å². The molecule has 3 aromatic rings. The first-order chi connectivity index (χ1) is 20.3. The molecule has 1 aliphatic carbocycles. The predicted octanol–water partition coefficient (Wildman–Crippen LogP) is 5.98. The van der Waals surface area contributed by atoms with Crippen molar-refractivity contribution in [3.63, 3.8) is 0 Å². The lowest BCUT2D eigenvalue weighted by molar-refractivity contribution is 0.122. The van der Waals surface area contributed by atoms with Gasteiger partial charge in [-0.2, -0.15) is 9.97 Å². The summed E-state index contributed by atoms with van der Waals surface area (Å²) in [6.07, 6.45) is 2.81. The van der Waals surface area contributed by atoms with E-state index in [1.165, 1.54) is 10.8 Å². The molecule has 0 atom stereocenters. The van der Waals surface area contributed by atoms with Gasteiger partial charge < -0.3 is 20.1 Å². The zero-order chi connectivity index (χ0) is 29.6. The molecule has 1 aliphatic heterocycles. The number of nitrogens with zero attached hydrogens (tertiary/aromatic N) is 6. The third-order valence-corrected chi connectivity index (χ3v) is 8.20. The second-order valence-electron chi connectivity index (χ2n) is 12.0. The number of hydrogen-bond donors (Lipinski definition) is 2. The summed E-state index contributed by atoms with van der Waals surface area (Å²) in [7, 11) is 0. The monoisotopic (exact) mass is 583 g/mol. The van der Waals surface area contributed by atoms with Gasteiger partial charge in [-0.15, -0.1) is 0 Å². The van der Waals surface area contributed by atoms with E-state index >= 15 is 0 Å². The molecule has 1 aromatic carbocycles. The van der Waals surface area contributed by atoms with Crippen LogP contribution in [0.5, 0.6) is 0 Å². The molecule has 0 radical (unpaired) electrons. The number of rotatable bonds is 11. The Morgan fingerprint density at radius 1 is 1.10 bits per heavy atom. The normalized spacial score (nSPS) is 20.3. The lowest BCUT2D eigenvalue weighted by Gasteiger charge is -2.38. The average molecular weight is 584 g/mol. The number of hydrogen-bond acceptors (Lipinski definition) is 8. The highest BCUT2D eigenvalue weighted by molar-refractivity contribution is 5.78. The number of alkyl halides is 2. The number of benzene rings is 1. The van der Waals surface area contributed by atoms with Gasteiger partial charge in [0.15, 0.2) is 5.82 Å². The van der Waals surface area contributed by atoms with Crippen molar-refractivity contribution in [3.8, 4) is 5.82 Å². The number of ether oxygens (including phenoxy) is 1. The number of aromatic nitrogens is 4. The zero-order valence-corrected chi connectivity index (χ0v) is 24.8. The Bertz CT molecular complexity index is 1350. The van der Waals surface area contributed by atoms with Crippen LogP contribution in [-0.2, 0) is 4.74 Å². The molecule has 2 aliphatic rings. The first-order valence-electron chi connectivity index (χ1n) is 15.1. The Hall–Kier alpha value is -3.31. The molecule has 2 fully saturated rings. The third kappa shape index (κ3) is 7.18. The Kier molecular flexibility index (Phi) is 9.89. The molecular formula is C31H43F2N7O2. The number of aliphatic hydroxyl groups excluding tert-OH is 1. The summed E-state index contributed by atoms with van der Waals surface area (Å²) >= 11 is 0. The van der Waals surface area contributed by atoms with Crippen molar-refractivity contribution >= 4 is 22.8 Å². The van der Waals surface area contributed by atoms with Gasteiger partial charge in [0.2, 0.25) is 5.95 Å². The molecule has 1 saturated heterocycles. The number of aliphatic hydroxyl groups is 1. The summed E-state index contributed by atoms with van der Waals surface area (Å²) < 4.78 is 35.3. The predicted molar refractivity (Wildman–Crippen MR) is 162 cm³/mol. The minimum absolute atomic E-state index is 0.329. The highest BCUT2D eigenvalue weighted by Gasteiger charge is 2.27. The Morgan fingerprint density at radius 2 is 1.81 bits per heavy atom. The number of fused-ring (bicyclic) bond motifs is 1. The van der Waals surface area contributed by atoms with Gasteiger partial charge in [0.05, 0.1) is 30.5 Å². The molecule has 0 spiro atoms. The molecule has 5 rings (SSSR count). The van der Waals surface area contributed by atoms with Crippen LogP contribution in [-0.4, -0.2) is 81.5 Å².